The van der Waals surface area contributed by atoms with Gasteiger partial charge in [0.05, 0.1) is 10.7 Å². The molecule has 2 aliphatic heterocycles. The fourth-order valence-corrected chi connectivity index (χ4v) is 4.32. The molecule has 6 nitrogen and oxygen atoms in total. The van der Waals surface area contributed by atoms with Crippen molar-refractivity contribution in [2.75, 3.05) is 19.6 Å². The summed E-state index contributed by atoms with van der Waals surface area (Å²) in [4.78, 5) is 25.9. The first-order chi connectivity index (χ1) is 11.1. The average Bonchev–Trinajstić information content (AvgIpc) is 3.23. The van der Waals surface area contributed by atoms with Gasteiger partial charge in [0.2, 0.25) is 0 Å². The summed E-state index contributed by atoms with van der Waals surface area (Å²) in [6.07, 6.45) is 5.71. The maximum absolute atomic E-state index is 12.6. The predicted molar refractivity (Wildman–Crippen MR) is 88.3 cm³/mol. The molecule has 23 heavy (non-hydrogen) atoms. The van der Waals surface area contributed by atoms with Gasteiger partial charge in [-0.25, -0.2) is 9.97 Å². The SMILES string of the molecule is Cc1nc(CN2CC[C@]23CCN(C(=O)c2nccn2C)C3)cs1. The van der Waals surface area contributed by atoms with Gasteiger partial charge in [-0.2, -0.15) is 0 Å². The van der Waals surface area contributed by atoms with E-state index in [-0.39, 0.29) is 11.4 Å². The molecule has 1 atom stereocenters. The van der Waals surface area contributed by atoms with E-state index in [4.69, 9.17) is 0 Å². The van der Waals surface area contributed by atoms with Crippen LogP contribution in [-0.4, -0.2) is 55.4 Å². The van der Waals surface area contributed by atoms with Gasteiger partial charge in [0.1, 0.15) is 0 Å². The van der Waals surface area contributed by atoms with E-state index in [1.54, 1.807) is 22.1 Å². The number of nitrogens with zero attached hydrogens (tertiary/aromatic N) is 5. The van der Waals surface area contributed by atoms with Crippen molar-refractivity contribution in [3.05, 3.63) is 34.3 Å². The van der Waals surface area contributed by atoms with Crippen LogP contribution in [0.5, 0.6) is 0 Å². The van der Waals surface area contributed by atoms with Crippen LogP contribution in [0.4, 0.5) is 0 Å². The van der Waals surface area contributed by atoms with Crippen LogP contribution in [0.2, 0.25) is 0 Å². The predicted octanol–water partition coefficient (Wildman–Crippen LogP) is 1.68. The highest BCUT2D eigenvalue weighted by Crippen LogP contribution is 2.40. The zero-order valence-electron chi connectivity index (χ0n) is 13.5. The van der Waals surface area contributed by atoms with E-state index in [1.165, 1.54) is 6.42 Å². The van der Waals surface area contributed by atoms with Gasteiger partial charge in [-0.15, -0.1) is 11.3 Å². The lowest BCUT2D eigenvalue weighted by Crippen LogP contribution is -2.60. The lowest BCUT2D eigenvalue weighted by atomic mass is 9.83. The van der Waals surface area contributed by atoms with Gasteiger partial charge in [0.15, 0.2) is 5.82 Å². The van der Waals surface area contributed by atoms with Crippen molar-refractivity contribution in [1.82, 2.24) is 24.3 Å². The molecular weight excluding hydrogens is 310 g/mol. The van der Waals surface area contributed by atoms with Gasteiger partial charge < -0.3 is 9.47 Å². The van der Waals surface area contributed by atoms with Crippen LogP contribution in [0.25, 0.3) is 0 Å². The maximum Gasteiger partial charge on any atom is 0.289 e. The minimum absolute atomic E-state index is 0.0470. The highest BCUT2D eigenvalue weighted by atomic mass is 32.1. The second-order valence-electron chi connectivity index (χ2n) is 6.59. The number of amides is 1. The molecule has 0 bridgehead atoms. The Kier molecular flexibility index (Phi) is 3.50. The third-order valence-electron chi connectivity index (χ3n) is 5.17. The van der Waals surface area contributed by atoms with Gasteiger partial charge in [0, 0.05) is 56.5 Å². The van der Waals surface area contributed by atoms with Crippen molar-refractivity contribution in [3.63, 3.8) is 0 Å². The van der Waals surface area contributed by atoms with Crippen LogP contribution in [0.3, 0.4) is 0 Å². The minimum Gasteiger partial charge on any atom is -0.334 e. The molecule has 4 rings (SSSR count). The second kappa shape index (κ2) is 5.42. The molecule has 2 aromatic heterocycles. The standard InChI is InChI=1S/C16H21N5OS/c1-12-18-13(10-23-12)9-21-7-4-16(21)3-6-20(11-16)15(22)14-17-5-8-19(14)2/h5,8,10H,3-4,6-7,9,11H2,1-2H3/t16-/m0/s1. The zero-order valence-corrected chi connectivity index (χ0v) is 14.3. The molecule has 4 heterocycles. The molecule has 1 spiro atoms. The quantitative estimate of drug-likeness (QED) is 0.859. The molecule has 2 aromatic rings. The summed E-state index contributed by atoms with van der Waals surface area (Å²) in [5.74, 6) is 0.578. The maximum atomic E-state index is 12.6. The number of carbonyl (C=O) groups is 1. The summed E-state index contributed by atoms with van der Waals surface area (Å²) in [6.45, 7) is 5.67. The average molecular weight is 331 g/mol. The zero-order chi connectivity index (χ0) is 16.0. The molecule has 122 valence electrons. The summed E-state index contributed by atoms with van der Waals surface area (Å²) < 4.78 is 1.80. The summed E-state index contributed by atoms with van der Waals surface area (Å²) in [7, 11) is 1.87. The third kappa shape index (κ3) is 2.48. The summed E-state index contributed by atoms with van der Waals surface area (Å²) in [6, 6.07) is 0. The molecule has 0 N–H and O–H groups in total. The first-order valence-electron chi connectivity index (χ1n) is 8.00. The summed E-state index contributed by atoms with van der Waals surface area (Å²) >= 11 is 1.70. The number of hydrogen-bond acceptors (Lipinski definition) is 5. The number of hydrogen-bond donors (Lipinski definition) is 0. The van der Waals surface area contributed by atoms with Gasteiger partial charge in [-0.3, -0.25) is 9.69 Å². The van der Waals surface area contributed by atoms with Crippen LogP contribution in [-0.2, 0) is 13.6 Å². The van der Waals surface area contributed by atoms with E-state index >= 15 is 0 Å². The summed E-state index contributed by atoms with van der Waals surface area (Å²) in [5.41, 5.74) is 1.30. The number of aryl methyl sites for hydroxylation is 2. The third-order valence-corrected chi connectivity index (χ3v) is 5.99. The first kappa shape index (κ1) is 14.8. The summed E-state index contributed by atoms with van der Waals surface area (Å²) in [5, 5.41) is 3.26. The highest BCUT2D eigenvalue weighted by Gasteiger charge is 2.50. The first-order valence-corrected chi connectivity index (χ1v) is 8.88. The van der Waals surface area contributed by atoms with E-state index in [0.29, 0.717) is 5.82 Å². The molecule has 0 aromatic carbocycles. The Balaban J connectivity index is 1.45. The Morgan fingerprint density at radius 1 is 1.39 bits per heavy atom. The van der Waals surface area contributed by atoms with Gasteiger partial charge in [0.25, 0.3) is 5.91 Å². The van der Waals surface area contributed by atoms with Crippen molar-refractivity contribution < 1.29 is 4.79 Å². The van der Waals surface area contributed by atoms with Gasteiger partial charge in [-0.05, 0) is 19.8 Å². The second-order valence-corrected chi connectivity index (χ2v) is 7.65. The largest absolute Gasteiger partial charge is 0.334 e. The topological polar surface area (TPSA) is 54.3 Å². The van der Waals surface area contributed by atoms with E-state index in [9.17, 15) is 4.79 Å². The van der Waals surface area contributed by atoms with Gasteiger partial charge in [-0.1, -0.05) is 0 Å². The van der Waals surface area contributed by atoms with Crippen molar-refractivity contribution >= 4 is 17.2 Å². The van der Waals surface area contributed by atoms with Gasteiger partial charge >= 0.3 is 0 Å². The molecule has 0 radical (unpaired) electrons. The number of rotatable bonds is 3. The fraction of sp³-hybridized carbons (Fsp3) is 0.562. The van der Waals surface area contributed by atoms with Crippen molar-refractivity contribution in [1.29, 1.82) is 0 Å². The Bertz CT molecular complexity index is 738. The van der Waals surface area contributed by atoms with Crippen LogP contribution in [0.1, 0.15) is 34.2 Å². The van der Waals surface area contributed by atoms with Crippen LogP contribution in [0, 0.1) is 6.92 Å². The van der Waals surface area contributed by atoms with Crippen LogP contribution in [0.15, 0.2) is 17.8 Å². The number of thiazole rings is 1. The van der Waals surface area contributed by atoms with E-state index in [0.717, 1.165) is 43.3 Å². The van der Waals surface area contributed by atoms with Crippen LogP contribution < -0.4 is 0 Å². The molecule has 1 amide bonds. The molecule has 2 aliphatic rings. The molecule has 2 fully saturated rings. The molecule has 0 aliphatic carbocycles. The number of aromatic nitrogens is 3. The Morgan fingerprint density at radius 3 is 2.83 bits per heavy atom. The minimum atomic E-state index is 0.0470. The van der Waals surface area contributed by atoms with Crippen molar-refractivity contribution in [2.24, 2.45) is 7.05 Å². The van der Waals surface area contributed by atoms with Crippen LogP contribution >= 0.6 is 11.3 Å². The molecule has 0 saturated carbocycles. The van der Waals surface area contributed by atoms with Crippen molar-refractivity contribution in [3.8, 4) is 0 Å². The number of likely N-dealkylation sites (tertiary alicyclic amines) is 2. The van der Waals surface area contributed by atoms with Crippen molar-refractivity contribution in [2.45, 2.75) is 31.8 Å². The monoisotopic (exact) mass is 331 g/mol. The Labute approximate surface area is 139 Å². The molecule has 0 unspecified atom stereocenters. The smallest absolute Gasteiger partial charge is 0.289 e. The lowest BCUT2D eigenvalue weighted by molar-refractivity contribution is -0.0140. The number of carbonyl (C=O) groups excluding carboxylic acids is 1. The molecule has 7 heteroatoms. The lowest BCUT2D eigenvalue weighted by Gasteiger charge is -2.50. The Hall–Kier alpha value is -1.73. The molecule has 2 saturated heterocycles. The fourth-order valence-electron chi connectivity index (χ4n) is 3.71. The normalized spacial score (nSPS) is 24.3. The highest BCUT2D eigenvalue weighted by molar-refractivity contribution is 7.09. The van der Waals surface area contributed by atoms with E-state index in [1.807, 2.05) is 25.1 Å². The Morgan fingerprint density at radius 2 is 2.22 bits per heavy atom. The number of imidazole rings is 1. The van der Waals surface area contributed by atoms with E-state index < -0.39 is 0 Å². The molecular formula is C16H21N5OS. The van der Waals surface area contributed by atoms with E-state index in [2.05, 4.69) is 20.2 Å².